The maximum atomic E-state index is 12.4. The van der Waals surface area contributed by atoms with Gasteiger partial charge in [-0.3, -0.25) is 14.5 Å². The minimum atomic E-state index is -0.178. The van der Waals surface area contributed by atoms with Crippen LogP contribution in [0, 0.1) is 0 Å². The number of aryl methyl sites for hydroxylation is 1. The minimum Gasteiger partial charge on any atom is -0.497 e. The molecule has 2 heterocycles. The molecule has 6 heteroatoms. The number of ether oxygens (including phenoxy) is 1. The highest BCUT2D eigenvalue weighted by molar-refractivity contribution is 5.93. The molecule has 1 aromatic carbocycles. The Morgan fingerprint density at radius 3 is 2.88 bits per heavy atom. The van der Waals surface area contributed by atoms with Gasteiger partial charge in [0.1, 0.15) is 11.4 Å². The first-order valence-electron chi connectivity index (χ1n) is 7.53. The molecule has 1 amide bonds. The van der Waals surface area contributed by atoms with Crippen LogP contribution in [-0.4, -0.2) is 27.8 Å². The van der Waals surface area contributed by atoms with Gasteiger partial charge in [-0.1, -0.05) is 18.2 Å². The number of hydrogen-bond acceptors (Lipinski definition) is 4. The normalized spacial score (nSPS) is 10.4. The Kier molecular flexibility index (Phi) is 4.56. The molecule has 0 fully saturated rings. The summed E-state index contributed by atoms with van der Waals surface area (Å²) < 4.78 is 6.81. The van der Waals surface area contributed by atoms with E-state index in [0.29, 0.717) is 12.2 Å². The fourth-order valence-corrected chi connectivity index (χ4v) is 2.38. The summed E-state index contributed by atoms with van der Waals surface area (Å²) in [6.07, 6.45) is 3.43. The van der Waals surface area contributed by atoms with Crippen LogP contribution < -0.4 is 10.1 Å². The van der Waals surface area contributed by atoms with Crippen molar-refractivity contribution in [2.45, 2.75) is 6.54 Å². The maximum absolute atomic E-state index is 12.4. The van der Waals surface area contributed by atoms with Gasteiger partial charge in [0.05, 0.1) is 12.8 Å². The average molecular weight is 322 g/mol. The average Bonchev–Trinajstić information content (AvgIpc) is 3.02. The van der Waals surface area contributed by atoms with Crippen LogP contribution in [0.15, 0.2) is 54.9 Å². The summed E-state index contributed by atoms with van der Waals surface area (Å²) in [5.41, 5.74) is 3.07. The van der Waals surface area contributed by atoms with Crippen LogP contribution in [0.5, 0.6) is 5.75 Å². The molecule has 0 bridgehead atoms. The summed E-state index contributed by atoms with van der Waals surface area (Å²) in [6.45, 7) is 0.423. The molecular weight excluding hydrogens is 304 g/mol. The van der Waals surface area contributed by atoms with Gasteiger partial charge < -0.3 is 10.1 Å². The van der Waals surface area contributed by atoms with Crippen molar-refractivity contribution in [3.63, 3.8) is 0 Å². The summed E-state index contributed by atoms with van der Waals surface area (Å²) >= 11 is 0. The smallest absolute Gasteiger partial charge is 0.269 e. The number of nitrogens with one attached hydrogen (secondary N) is 1. The van der Waals surface area contributed by atoms with Crippen molar-refractivity contribution in [2.75, 3.05) is 7.11 Å². The number of aromatic nitrogens is 3. The van der Waals surface area contributed by atoms with Gasteiger partial charge in [0.25, 0.3) is 5.91 Å². The molecule has 3 rings (SSSR count). The van der Waals surface area contributed by atoms with Crippen molar-refractivity contribution < 1.29 is 9.53 Å². The lowest BCUT2D eigenvalue weighted by Crippen LogP contribution is -2.25. The van der Waals surface area contributed by atoms with Crippen LogP contribution in [0.3, 0.4) is 0 Å². The van der Waals surface area contributed by atoms with E-state index >= 15 is 0 Å². The van der Waals surface area contributed by atoms with E-state index in [1.165, 1.54) is 0 Å². The van der Waals surface area contributed by atoms with E-state index in [2.05, 4.69) is 15.4 Å². The summed E-state index contributed by atoms with van der Waals surface area (Å²) in [6, 6.07) is 13.1. The zero-order chi connectivity index (χ0) is 16.9. The molecule has 0 atom stereocenters. The fourth-order valence-electron chi connectivity index (χ4n) is 2.38. The zero-order valence-electron chi connectivity index (χ0n) is 13.6. The lowest BCUT2D eigenvalue weighted by atomic mass is 10.1. The van der Waals surface area contributed by atoms with Gasteiger partial charge in [0.15, 0.2) is 0 Å². The quantitative estimate of drug-likeness (QED) is 0.783. The van der Waals surface area contributed by atoms with Crippen molar-refractivity contribution in [3.8, 4) is 17.0 Å². The molecule has 3 aromatic rings. The number of carbonyl (C=O) groups is 1. The van der Waals surface area contributed by atoms with Crippen LogP contribution in [0.4, 0.5) is 0 Å². The molecule has 6 nitrogen and oxygen atoms in total. The molecule has 0 aliphatic rings. The largest absolute Gasteiger partial charge is 0.497 e. The Hall–Kier alpha value is -3.15. The van der Waals surface area contributed by atoms with Crippen LogP contribution in [-0.2, 0) is 13.6 Å². The zero-order valence-corrected chi connectivity index (χ0v) is 13.6. The van der Waals surface area contributed by atoms with Gasteiger partial charge >= 0.3 is 0 Å². The van der Waals surface area contributed by atoms with Gasteiger partial charge in [0.2, 0.25) is 0 Å². The second-order valence-corrected chi connectivity index (χ2v) is 5.31. The summed E-state index contributed by atoms with van der Waals surface area (Å²) in [5.74, 6) is 0.573. The third kappa shape index (κ3) is 3.43. The number of benzene rings is 1. The van der Waals surface area contributed by atoms with Gasteiger partial charge in [-0.05, 0) is 29.8 Å². The number of hydrogen-bond donors (Lipinski definition) is 1. The van der Waals surface area contributed by atoms with Crippen molar-refractivity contribution in [1.82, 2.24) is 20.1 Å². The van der Waals surface area contributed by atoms with Gasteiger partial charge in [-0.15, -0.1) is 0 Å². The molecule has 24 heavy (non-hydrogen) atoms. The van der Waals surface area contributed by atoms with Crippen LogP contribution in [0.2, 0.25) is 0 Å². The van der Waals surface area contributed by atoms with E-state index in [1.54, 1.807) is 37.3 Å². The molecule has 0 saturated heterocycles. The molecule has 0 saturated carbocycles. The van der Waals surface area contributed by atoms with E-state index in [1.807, 2.05) is 36.4 Å². The lowest BCUT2D eigenvalue weighted by molar-refractivity contribution is 0.0941. The van der Waals surface area contributed by atoms with E-state index in [9.17, 15) is 4.79 Å². The highest BCUT2D eigenvalue weighted by Crippen LogP contribution is 2.23. The van der Waals surface area contributed by atoms with Crippen LogP contribution in [0.1, 0.15) is 16.1 Å². The van der Waals surface area contributed by atoms with Crippen molar-refractivity contribution >= 4 is 5.91 Å². The first-order valence-corrected chi connectivity index (χ1v) is 7.53. The second kappa shape index (κ2) is 6.95. The number of amides is 1. The standard InChI is InChI=1S/C18H18N4O2/c1-22-17(18(23)20-12-13-5-4-8-19-11-13)10-16(21-22)14-6-3-7-15(9-14)24-2/h3-11H,12H2,1-2H3,(H,20,23). The highest BCUT2D eigenvalue weighted by atomic mass is 16.5. The van der Waals surface area contributed by atoms with Crippen LogP contribution in [0.25, 0.3) is 11.3 Å². The SMILES string of the molecule is COc1cccc(-c2cc(C(=O)NCc3cccnc3)n(C)n2)c1. The predicted octanol–water partition coefficient (Wildman–Crippen LogP) is 2.42. The van der Waals surface area contributed by atoms with Crippen LogP contribution >= 0.6 is 0 Å². The third-order valence-electron chi connectivity index (χ3n) is 3.65. The molecule has 1 N–H and O–H groups in total. The maximum Gasteiger partial charge on any atom is 0.269 e. The molecular formula is C18H18N4O2. The Balaban J connectivity index is 1.77. The van der Waals surface area contributed by atoms with Gasteiger partial charge in [0, 0.05) is 31.5 Å². The van der Waals surface area contributed by atoms with Crippen molar-refractivity contribution in [2.24, 2.45) is 7.05 Å². The molecule has 0 radical (unpaired) electrons. The lowest BCUT2D eigenvalue weighted by Gasteiger charge is -2.04. The topological polar surface area (TPSA) is 69.0 Å². The molecule has 0 aliphatic heterocycles. The van der Waals surface area contributed by atoms with E-state index < -0.39 is 0 Å². The Morgan fingerprint density at radius 1 is 1.25 bits per heavy atom. The number of rotatable bonds is 5. The number of carbonyl (C=O) groups excluding carboxylic acids is 1. The number of methoxy groups -OCH3 is 1. The van der Waals surface area contributed by atoms with E-state index in [4.69, 9.17) is 4.74 Å². The molecule has 0 unspecified atom stereocenters. The summed E-state index contributed by atoms with van der Waals surface area (Å²) in [7, 11) is 3.37. The number of nitrogens with zero attached hydrogens (tertiary/aromatic N) is 3. The molecule has 122 valence electrons. The fraction of sp³-hybridized carbons (Fsp3) is 0.167. The Morgan fingerprint density at radius 2 is 2.12 bits per heavy atom. The molecule has 2 aromatic heterocycles. The number of pyridine rings is 1. The molecule has 0 spiro atoms. The summed E-state index contributed by atoms with van der Waals surface area (Å²) in [5, 5.41) is 7.30. The van der Waals surface area contributed by atoms with Crippen molar-refractivity contribution in [3.05, 3.63) is 66.1 Å². The van der Waals surface area contributed by atoms with Gasteiger partial charge in [-0.25, -0.2) is 0 Å². The van der Waals surface area contributed by atoms with E-state index in [-0.39, 0.29) is 5.91 Å². The third-order valence-corrected chi connectivity index (χ3v) is 3.65. The highest BCUT2D eigenvalue weighted by Gasteiger charge is 2.14. The Bertz CT molecular complexity index is 843. The first kappa shape index (κ1) is 15.7. The monoisotopic (exact) mass is 322 g/mol. The summed E-state index contributed by atoms with van der Waals surface area (Å²) in [4.78, 5) is 16.4. The predicted molar refractivity (Wildman–Crippen MR) is 90.6 cm³/mol. The molecule has 0 aliphatic carbocycles. The second-order valence-electron chi connectivity index (χ2n) is 5.31. The van der Waals surface area contributed by atoms with Gasteiger partial charge in [-0.2, -0.15) is 5.10 Å². The Labute approximate surface area is 140 Å². The van der Waals surface area contributed by atoms with E-state index in [0.717, 1.165) is 22.6 Å². The first-order chi connectivity index (χ1) is 11.7. The van der Waals surface area contributed by atoms with Crippen molar-refractivity contribution in [1.29, 1.82) is 0 Å². The minimum absolute atomic E-state index is 0.178.